The molecule has 3 heterocycles. The molecule has 1 spiro atoms. The zero-order chi connectivity index (χ0) is 16.4. The Balaban J connectivity index is 1.68. The predicted octanol–water partition coefficient (Wildman–Crippen LogP) is 2.69. The Hall–Kier alpha value is -1.33. The molecule has 0 aliphatic carbocycles. The van der Waals surface area contributed by atoms with E-state index in [4.69, 9.17) is 9.15 Å². The molecule has 2 aliphatic rings. The van der Waals surface area contributed by atoms with E-state index in [-0.39, 0.29) is 11.5 Å². The molecule has 0 N–H and O–H groups in total. The van der Waals surface area contributed by atoms with E-state index in [1.807, 2.05) is 11.8 Å². The van der Waals surface area contributed by atoms with Crippen LogP contribution in [0.25, 0.3) is 0 Å². The summed E-state index contributed by atoms with van der Waals surface area (Å²) in [6, 6.07) is 2.34. The second-order valence-electron chi connectivity index (χ2n) is 6.77. The summed E-state index contributed by atoms with van der Waals surface area (Å²) in [5.41, 5.74) is 0.525. The maximum absolute atomic E-state index is 12.7. The van der Waals surface area contributed by atoms with Crippen molar-refractivity contribution in [2.45, 2.75) is 51.7 Å². The van der Waals surface area contributed by atoms with Crippen molar-refractivity contribution >= 4 is 5.91 Å². The summed E-state index contributed by atoms with van der Waals surface area (Å²) in [5, 5.41) is 0. The number of aryl methyl sites for hydroxylation is 1. The molecule has 2 fully saturated rings. The van der Waals surface area contributed by atoms with Gasteiger partial charge in [0.05, 0.1) is 24.0 Å². The first-order valence-electron chi connectivity index (χ1n) is 8.80. The fourth-order valence-corrected chi connectivity index (χ4v) is 4.13. The average molecular weight is 320 g/mol. The van der Waals surface area contributed by atoms with Gasteiger partial charge in [-0.25, -0.2) is 0 Å². The molecule has 5 nitrogen and oxygen atoms in total. The van der Waals surface area contributed by atoms with E-state index in [9.17, 15) is 4.79 Å². The Kier molecular flexibility index (Phi) is 4.78. The van der Waals surface area contributed by atoms with Gasteiger partial charge < -0.3 is 19.0 Å². The first kappa shape index (κ1) is 16.5. The van der Waals surface area contributed by atoms with Crippen LogP contribution >= 0.6 is 0 Å². The standard InChI is InChI=1S/C18H28N2O3/c1-4-19(5-2)15-6-11-23-18(12-15)8-9-20(13-18)17(21)16-7-10-22-14(16)3/h7,10,15H,4-6,8-9,11-13H2,1-3H3/t15-,18+/m0/s1. The first-order valence-corrected chi connectivity index (χ1v) is 8.80. The lowest BCUT2D eigenvalue weighted by atomic mass is 9.88. The van der Waals surface area contributed by atoms with Crippen LogP contribution < -0.4 is 0 Å². The van der Waals surface area contributed by atoms with Crippen LogP contribution in [0.4, 0.5) is 0 Å². The third-order valence-electron chi connectivity index (χ3n) is 5.49. The van der Waals surface area contributed by atoms with E-state index >= 15 is 0 Å². The normalized spacial score (nSPS) is 28.0. The Labute approximate surface area is 138 Å². The minimum atomic E-state index is -0.154. The molecule has 2 aliphatic heterocycles. The van der Waals surface area contributed by atoms with Crippen molar-refractivity contribution in [3.05, 3.63) is 23.7 Å². The predicted molar refractivity (Wildman–Crippen MR) is 88.6 cm³/mol. The number of hydrogen-bond acceptors (Lipinski definition) is 4. The maximum Gasteiger partial charge on any atom is 0.257 e. The van der Waals surface area contributed by atoms with Crippen LogP contribution in [-0.2, 0) is 4.74 Å². The van der Waals surface area contributed by atoms with Crippen LogP contribution in [0, 0.1) is 6.92 Å². The van der Waals surface area contributed by atoms with Crippen LogP contribution in [0.15, 0.2) is 16.7 Å². The van der Waals surface area contributed by atoms with E-state index in [0.717, 1.165) is 45.5 Å². The molecule has 0 bridgehead atoms. The molecule has 5 heteroatoms. The van der Waals surface area contributed by atoms with Crippen molar-refractivity contribution in [2.75, 3.05) is 32.8 Å². The second-order valence-corrected chi connectivity index (χ2v) is 6.77. The van der Waals surface area contributed by atoms with Gasteiger partial charge >= 0.3 is 0 Å². The highest BCUT2D eigenvalue weighted by molar-refractivity contribution is 5.95. The Morgan fingerprint density at radius 2 is 2.22 bits per heavy atom. The number of ether oxygens (including phenoxy) is 1. The largest absolute Gasteiger partial charge is 0.469 e. The van der Waals surface area contributed by atoms with Crippen LogP contribution in [-0.4, -0.2) is 60.1 Å². The van der Waals surface area contributed by atoms with Gasteiger partial charge in [-0.1, -0.05) is 13.8 Å². The average Bonchev–Trinajstić information content (AvgIpc) is 3.15. The zero-order valence-corrected chi connectivity index (χ0v) is 14.5. The van der Waals surface area contributed by atoms with Gasteiger partial charge in [0, 0.05) is 19.2 Å². The molecule has 0 radical (unpaired) electrons. The molecule has 0 aromatic carbocycles. The van der Waals surface area contributed by atoms with Crippen molar-refractivity contribution in [1.29, 1.82) is 0 Å². The lowest BCUT2D eigenvalue weighted by Gasteiger charge is -2.42. The number of rotatable bonds is 4. The van der Waals surface area contributed by atoms with Gasteiger partial charge in [-0.3, -0.25) is 4.79 Å². The molecule has 0 unspecified atom stereocenters. The summed E-state index contributed by atoms with van der Waals surface area (Å²) in [5.74, 6) is 0.767. The van der Waals surface area contributed by atoms with E-state index in [2.05, 4.69) is 18.7 Å². The molecule has 128 valence electrons. The van der Waals surface area contributed by atoms with E-state index < -0.39 is 0 Å². The number of nitrogens with zero attached hydrogens (tertiary/aromatic N) is 2. The van der Waals surface area contributed by atoms with Crippen molar-refractivity contribution in [3.8, 4) is 0 Å². The number of furan rings is 1. The van der Waals surface area contributed by atoms with Crippen molar-refractivity contribution in [1.82, 2.24) is 9.80 Å². The van der Waals surface area contributed by atoms with Gasteiger partial charge in [0.15, 0.2) is 0 Å². The smallest absolute Gasteiger partial charge is 0.257 e. The van der Waals surface area contributed by atoms with Crippen LogP contribution in [0.5, 0.6) is 0 Å². The Bertz CT molecular complexity index is 552. The maximum atomic E-state index is 12.7. The molecule has 2 atom stereocenters. The van der Waals surface area contributed by atoms with Crippen LogP contribution in [0.1, 0.15) is 49.2 Å². The molecular weight excluding hydrogens is 292 g/mol. The molecule has 3 rings (SSSR count). The van der Waals surface area contributed by atoms with Crippen LogP contribution in [0.3, 0.4) is 0 Å². The minimum absolute atomic E-state index is 0.0710. The highest BCUT2D eigenvalue weighted by Crippen LogP contribution is 2.36. The fraction of sp³-hybridized carbons (Fsp3) is 0.722. The van der Waals surface area contributed by atoms with Gasteiger partial charge in [-0.2, -0.15) is 0 Å². The quantitative estimate of drug-likeness (QED) is 0.856. The third kappa shape index (κ3) is 3.17. The van der Waals surface area contributed by atoms with Crippen molar-refractivity contribution < 1.29 is 13.9 Å². The lowest BCUT2D eigenvalue weighted by molar-refractivity contribution is -0.0961. The summed E-state index contributed by atoms with van der Waals surface area (Å²) in [6.07, 6.45) is 4.65. The molecule has 1 amide bonds. The van der Waals surface area contributed by atoms with Gasteiger partial charge in [-0.15, -0.1) is 0 Å². The van der Waals surface area contributed by atoms with Gasteiger partial charge in [0.1, 0.15) is 5.76 Å². The molecule has 1 aromatic heterocycles. The van der Waals surface area contributed by atoms with E-state index in [0.29, 0.717) is 23.9 Å². The Morgan fingerprint density at radius 1 is 1.43 bits per heavy atom. The van der Waals surface area contributed by atoms with Gasteiger partial charge in [0.2, 0.25) is 0 Å². The number of hydrogen-bond donors (Lipinski definition) is 0. The fourth-order valence-electron chi connectivity index (χ4n) is 4.13. The van der Waals surface area contributed by atoms with E-state index in [1.54, 1.807) is 12.3 Å². The SMILES string of the molecule is CCN(CC)[C@H]1CCO[C@]2(CCN(C(=O)c3ccoc3C)C2)C1. The molecular formula is C18H28N2O3. The molecule has 2 saturated heterocycles. The number of likely N-dealkylation sites (tertiary alicyclic amines) is 1. The third-order valence-corrected chi connectivity index (χ3v) is 5.49. The van der Waals surface area contributed by atoms with Crippen molar-refractivity contribution in [2.24, 2.45) is 0 Å². The molecule has 0 saturated carbocycles. The summed E-state index contributed by atoms with van der Waals surface area (Å²) < 4.78 is 11.5. The van der Waals surface area contributed by atoms with Gasteiger partial charge in [-0.05, 0) is 45.3 Å². The summed E-state index contributed by atoms with van der Waals surface area (Å²) in [4.78, 5) is 17.1. The highest BCUT2D eigenvalue weighted by Gasteiger charge is 2.45. The first-order chi connectivity index (χ1) is 11.1. The summed E-state index contributed by atoms with van der Waals surface area (Å²) in [6.45, 7) is 10.7. The lowest BCUT2D eigenvalue weighted by Crippen LogP contribution is -2.50. The van der Waals surface area contributed by atoms with Gasteiger partial charge in [0.25, 0.3) is 5.91 Å². The number of carbonyl (C=O) groups excluding carboxylic acids is 1. The van der Waals surface area contributed by atoms with Crippen molar-refractivity contribution in [3.63, 3.8) is 0 Å². The van der Waals surface area contributed by atoms with E-state index in [1.165, 1.54) is 0 Å². The Morgan fingerprint density at radius 3 is 2.87 bits per heavy atom. The second kappa shape index (κ2) is 6.65. The number of carbonyl (C=O) groups is 1. The monoisotopic (exact) mass is 320 g/mol. The summed E-state index contributed by atoms with van der Waals surface area (Å²) in [7, 11) is 0. The van der Waals surface area contributed by atoms with Crippen LogP contribution in [0.2, 0.25) is 0 Å². The molecule has 23 heavy (non-hydrogen) atoms. The zero-order valence-electron chi connectivity index (χ0n) is 14.5. The topological polar surface area (TPSA) is 45.9 Å². The summed E-state index contributed by atoms with van der Waals surface area (Å²) >= 11 is 0. The highest BCUT2D eigenvalue weighted by atomic mass is 16.5. The minimum Gasteiger partial charge on any atom is -0.469 e. The number of amides is 1. The molecule has 1 aromatic rings.